The molecule has 0 fully saturated rings. The van der Waals surface area contributed by atoms with Gasteiger partial charge in [0.15, 0.2) is 0 Å². The Hall–Kier alpha value is -1.41. The summed E-state index contributed by atoms with van der Waals surface area (Å²) in [6, 6.07) is 10.0. The molecule has 0 aliphatic carbocycles. The molecular weight excluding hydrogens is 198 g/mol. The molecule has 1 aromatic heterocycles. The lowest BCUT2D eigenvalue weighted by atomic mass is 10.1. The molecule has 0 unspecified atom stereocenters. The molecular formula is C14H17NO. The summed E-state index contributed by atoms with van der Waals surface area (Å²) in [5, 5.41) is 11.1. The number of aliphatic hydroxyl groups is 1. The highest BCUT2D eigenvalue weighted by Crippen LogP contribution is 2.22. The highest BCUT2D eigenvalue weighted by atomic mass is 16.3. The van der Waals surface area contributed by atoms with Crippen LogP contribution in [0, 0.1) is 6.92 Å². The number of aliphatic hydroxyl groups excluding tert-OH is 1. The van der Waals surface area contributed by atoms with Crippen LogP contribution in [0.15, 0.2) is 30.3 Å². The molecule has 0 radical (unpaired) electrons. The first-order valence-electron chi connectivity index (χ1n) is 5.76. The maximum absolute atomic E-state index is 9.94. The monoisotopic (exact) mass is 215 g/mol. The lowest BCUT2D eigenvalue weighted by Gasteiger charge is -2.11. The van der Waals surface area contributed by atoms with E-state index in [2.05, 4.69) is 24.9 Å². The second-order valence-corrected chi connectivity index (χ2v) is 4.19. The zero-order valence-corrected chi connectivity index (χ0v) is 9.77. The van der Waals surface area contributed by atoms with Gasteiger partial charge in [0.1, 0.15) is 0 Å². The molecule has 0 bridgehead atoms. The van der Waals surface area contributed by atoms with Gasteiger partial charge in [0.25, 0.3) is 0 Å². The predicted molar refractivity (Wildman–Crippen MR) is 66.3 cm³/mol. The van der Waals surface area contributed by atoms with Gasteiger partial charge in [0.2, 0.25) is 0 Å². The van der Waals surface area contributed by atoms with Gasteiger partial charge in [0, 0.05) is 5.39 Å². The highest BCUT2D eigenvalue weighted by Gasteiger charge is 2.10. The van der Waals surface area contributed by atoms with E-state index in [4.69, 9.17) is 0 Å². The van der Waals surface area contributed by atoms with Crippen LogP contribution in [0.25, 0.3) is 10.9 Å². The minimum atomic E-state index is -0.437. The SMILES string of the molecule is CCC[C@H](O)c1cc(C)c2ccccc2n1. The number of aromatic nitrogens is 1. The number of fused-ring (bicyclic) bond motifs is 1. The van der Waals surface area contributed by atoms with Crippen LogP contribution < -0.4 is 0 Å². The van der Waals surface area contributed by atoms with E-state index in [1.54, 1.807) is 0 Å². The lowest BCUT2D eigenvalue weighted by Crippen LogP contribution is -2.01. The molecule has 2 heteroatoms. The number of rotatable bonds is 3. The van der Waals surface area contributed by atoms with Crippen molar-refractivity contribution in [3.8, 4) is 0 Å². The number of hydrogen-bond donors (Lipinski definition) is 1. The van der Waals surface area contributed by atoms with Gasteiger partial charge in [0.05, 0.1) is 17.3 Å². The Morgan fingerprint density at radius 3 is 2.81 bits per heavy atom. The van der Waals surface area contributed by atoms with Gasteiger partial charge in [-0.05, 0) is 31.0 Å². The topological polar surface area (TPSA) is 33.1 Å². The van der Waals surface area contributed by atoms with Crippen LogP contribution in [0.1, 0.15) is 37.1 Å². The van der Waals surface area contributed by atoms with E-state index in [1.165, 1.54) is 5.56 Å². The van der Waals surface area contributed by atoms with Gasteiger partial charge < -0.3 is 5.11 Å². The Labute approximate surface area is 96.0 Å². The van der Waals surface area contributed by atoms with Crippen LogP contribution in [0.5, 0.6) is 0 Å². The fourth-order valence-corrected chi connectivity index (χ4v) is 1.97. The molecule has 1 atom stereocenters. The van der Waals surface area contributed by atoms with Crippen molar-refractivity contribution in [1.29, 1.82) is 0 Å². The summed E-state index contributed by atoms with van der Waals surface area (Å²) < 4.78 is 0. The van der Waals surface area contributed by atoms with Crippen molar-refractivity contribution in [2.75, 3.05) is 0 Å². The zero-order chi connectivity index (χ0) is 11.5. The van der Waals surface area contributed by atoms with Crippen molar-refractivity contribution >= 4 is 10.9 Å². The largest absolute Gasteiger partial charge is 0.387 e. The Morgan fingerprint density at radius 2 is 2.06 bits per heavy atom. The van der Waals surface area contributed by atoms with Gasteiger partial charge in [-0.1, -0.05) is 31.5 Å². The zero-order valence-electron chi connectivity index (χ0n) is 9.77. The number of para-hydroxylation sites is 1. The maximum atomic E-state index is 9.94. The van der Waals surface area contributed by atoms with Gasteiger partial charge in [-0.25, -0.2) is 0 Å². The summed E-state index contributed by atoms with van der Waals surface area (Å²) in [5.74, 6) is 0. The number of hydrogen-bond acceptors (Lipinski definition) is 2. The van der Waals surface area contributed by atoms with E-state index in [1.807, 2.05) is 24.3 Å². The number of benzene rings is 1. The van der Waals surface area contributed by atoms with Crippen LogP contribution >= 0.6 is 0 Å². The number of pyridine rings is 1. The lowest BCUT2D eigenvalue weighted by molar-refractivity contribution is 0.162. The standard InChI is InChI=1S/C14H17NO/c1-3-6-14(16)13-9-10(2)11-7-4-5-8-12(11)15-13/h4-5,7-9,14,16H,3,6H2,1-2H3/t14-/m0/s1. The third-order valence-corrected chi connectivity index (χ3v) is 2.85. The first-order valence-corrected chi connectivity index (χ1v) is 5.76. The fourth-order valence-electron chi connectivity index (χ4n) is 1.97. The normalized spacial score (nSPS) is 12.9. The molecule has 1 heterocycles. The first-order chi connectivity index (χ1) is 7.72. The highest BCUT2D eigenvalue weighted by molar-refractivity contribution is 5.82. The molecule has 2 nitrogen and oxygen atoms in total. The summed E-state index contributed by atoms with van der Waals surface area (Å²) in [5.41, 5.74) is 2.93. The Balaban J connectivity index is 2.49. The van der Waals surface area contributed by atoms with Gasteiger partial charge in [-0.2, -0.15) is 0 Å². The quantitative estimate of drug-likeness (QED) is 0.851. The number of aryl methyl sites for hydroxylation is 1. The Kier molecular flexibility index (Phi) is 3.20. The van der Waals surface area contributed by atoms with Crippen molar-refractivity contribution in [1.82, 2.24) is 4.98 Å². The molecule has 84 valence electrons. The Bertz CT molecular complexity index is 493. The van der Waals surface area contributed by atoms with Crippen molar-refractivity contribution in [2.24, 2.45) is 0 Å². The van der Waals surface area contributed by atoms with Crippen molar-refractivity contribution < 1.29 is 5.11 Å². The molecule has 0 aliphatic heterocycles. The van der Waals surface area contributed by atoms with E-state index in [-0.39, 0.29) is 0 Å². The van der Waals surface area contributed by atoms with Crippen molar-refractivity contribution in [2.45, 2.75) is 32.8 Å². The summed E-state index contributed by atoms with van der Waals surface area (Å²) in [6.45, 7) is 4.13. The van der Waals surface area contributed by atoms with E-state index >= 15 is 0 Å². The third kappa shape index (κ3) is 2.07. The van der Waals surface area contributed by atoms with Gasteiger partial charge in [-0.15, -0.1) is 0 Å². The molecule has 1 N–H and O–H groups in total. The molecule has 16 heavy (non-hydrogen) atoms. The first kappa shape index (κ1) is 11.1. The molecule has 0 saturated heterocycles. The minimum absolute atomic E-state index is 0.437. The number of nitrogens with zero attached hydrogens (tertiary/aromatic N) is 1. The Morgan fingerprint density at radius 1 is 1.31 bits per heavy atom. The van der Waals surface area contributed by atoms with E-state index in [9.17, 15) is 5.11 Å². The van der Waals surface area contributed by atoms with Crippen molar-refractivity contribution in [3.63, 3.8) is 0 Å². The molecule has 0 saturated carbocycles. The van der Waals surface area contributed by atoms with Crippen LogP contribution in [0.4, 0.5) is 0 Å². The predicted octanol–water partition coefficient (Wildman–Crippen LogP) is 3.38. The van der Waals surface area contributed by atoms with E-state index in [0.29, 0.717) is 0 Å². The van der Waals surface area contributed by atoms with Gasteiger partial charge >= 0.3 is 0 Å². The summed E-state index contributed by atoms with van der Waals surface area (Å²) >= 11 is 0. The molecule has 2 rings (SSSR count). The van der Waals surface area contributed by atoms with Gasteiger partial charge in [-0.3, -0.25) is 4.98 Å². The summed E-state index contributed by atoms with van der Waals surface area (Å²) in [7, 11) is 0. The van der Waals surface area contributed by atoms with E-state index in [0.717, 1.165) is 29.4 Å². The van der Waals surface area contributed by atoms with Crippen LogP contribution in [0.2, 0.25) is 0 Å². The molecule has 2 aromatic rings. The second kappa shape index (κ2) is 4.62. The summed E-state index contributed by atoms with van der Waals surface area (Å²) in [4.78, 5) is 4.50. The molecule has 0 spiro atoms. The maximum Gasteiger partial charge on any atom is 0.0960 e. The van der Waals surface area contributed by atoms with E-state index < -0.39 is 6.10 Å². The third-order valence-electron chi connectivity index (χ3n) is 2.85. The van der Waals surface area contributed by atoms with Crippen LogP contribution in [0.3, 0.4) is 0 Å². The fraction of sp³-hybridized carbons (Fsp3) is 0.357. The second-order valence-electron chi connectivity index (χ2n) is 4.19. The minimum Gasteiger partial charge on any atom is -0.387 e. The molecule has 0 aliphatic rings. The average molecular weight is 215 g/mol. The molecule has 1 aromatic carbocycles. The molecule has 0 amide bonds. The summed E-state index contributed by atoms with van der Waals surface area (Å²) in [6.07, 6.45) is 1.30. The van der Waals surface area contributed by atoms with Crippen molar-refractivity contribution in [3.05, 3.63) is 41.6 Å². The van der Waals surface area contributed by atoms with Crippen LogP contribution in [-0.4, -0.2) is 10.1 Å². The smallest absolute Gasteiger partial charge is 0.0960 e. The van der Waals surface area contributed by atoms with Crippen LogP contribution in [-0.2, 0) is 0 Å². The average Bonchev–Trinajstić information content (AvgIpc) is 2.29.